The van der Waals surface area contributed by atoms with Gasteiger partial charge in [-0.15, -0.1) is 6.58 Å². The van der Waals surface area contributed by atoms with Crippen molar-refractivity contribution >= 4 is 0 Å². The molecule has 1 saturated carbocycles. The molecule has 1 fully saturated rings. The van der Waals surface area contributed by atoms with Crippen LogP contribution < -0.4 is 0 Å². The van der Waals surface area contributed by atoms with Crippen LogP contribution in [-0.2, 0) is 14.2 Å². The highest BCUT2D eigenvalue weighted by Gasteiger charge is 2.27. The minimum absolute atomic E-state index is 0.0854. The standard InChI is InChI=1S/C21H32F2O3.C3H8/c1-5-16-6-8-17(9-7-16)13-26-15(3)25-12-14(2)18-10-11-19(24-4)21(23)20(18)22;1-3-2/h5,14-17H,1,6-13H2,2-4H3;3H2,1-2H3. The third-order valence-corrected chi connectivity index (χ3v) is 5.55. The SMILES string of the molecule is C=CC1CCC(COC(C)OCC(C)C2=C(F)C(F)=C(OC)CC2)CC1.CCC. The summed E-state index contributed by atoms with van der Waals surface area (Å²) < 4.78 is 44.5. The third-order valence-electron chi connectivity index (χ3n) is 5.55. The van der Waals surface area contributed by atoms with Crippen molar-refractivity contribution in [2.24, 2.45) is 17.8 Å². The molecule has 3 nitrogen and oxygen atoms in total. The minimum atomic E-state index is -0.875. The molecule has 0 aromatic carbocycles. The summed E-state index contributed by atoms with van der Waals surface area (Å²) in [6, 6.07) is 0. The van der Waals surface area contributed by atoms with Gasteiger partial charge in [-0.25, -0.2) is 8.78 Å². The van der Waals surface area contributed by atoms with Crippen molar-refractivity contribution in [3.05, 3.63) is 35.6 Å². The van der Waals surface area contributed by atoms with Crippen molar-refractivity contribution < 1.29 is 23.0 Å². The normalized spacial score (nSPS) is 24.5. The number of ether oxygens (including phenoxy) is 3. The van der Waals surface area contributed by atoms with Crippen molar-refractivity contribution in [3.63, 3.8) is 0 Å². The average Bonchev–Trinajstić information content (AvgIpc) is 2.73. The molecular formula is C24H40F2O3. The molecule has 2 atom stereocenters. The quantitative estimate of drug-likeness (QED) is 0.294. The van der Waals surface area contributed by atoms with Gasteiger partial charge in [0.15, 0.2) is 17.9 Å². The molecule has 0 radical (unpaired) electrons. The lowest BCUT2D eigenvalue weighted by Gasteiger charge is -2.28. The van der Waals surface area contributed by atoms with Gasteiger partial charge < -0.3 is 14.2 Å². The molecule has 2 aliphatic rings. The molecule has 0 aromatic rings. The van der Waals surface area contributed by atoms with E-state index in [0.29, 0.717) is 43.5 Å². The molecule has 0 spiro atoms. The number of hydrogen-bond donors (Lipinski definition) is 0. The smallest absolute Gasteiger partial charge is 0.196 e. The number of hydrogen-bond acceptors (Lipinski definition) is 3. The van der Waals surface area contributed by atoms with E-state index < -0.39 is 11.7 Å². The highest BCUT2D eigenvalue weighted by atomic mass is 19.2. The molecule has 2 unspecified atom stereocenters. The Morgan fingerprint density at radius 3 is 2.21 bits per heavy atom. The summed E-state index contributed by atoms with van der Waals surface area (Å²) in [7, 11) is 1.36. The molecule has 0 aliphatic heterocycles. The fourth-order valence-corrected chi connectivity index (χ4v) is 3.68. The van der Waals surface area contributed by atoms with E-state index in [4.69, 9.17) is 14.2 Å². The van der Waals surface area contributed by atoms with Gasteiger partial charge in [-0.1, -0.05) is 33.3 Å². The number of methoxy groups -OCH3 is 1. The van der Waals surface area contributed by atoms with Gasteiger partial charge in [0.2, 0.25) is 0 Å². The number of allylic oxidation sites excluding steroid dienone is 4. The zero-order valence-electron chi connectivity index (χ0n) is 18.9. The van der Waals surface area contributed by atoms with Crippen LogP contribution in [-0.4, -0.2) is 26.6 Å². The predicted octanol–water partition coefficient (Wildman–Crippen LogP) is 7.26. The summed E-state index contributed by atoms with van der Waals surface area (Å²) in [6.45, 7) is 12.8. The highest BCUT2D eigenvalue weighted by Crippen LogP contribution is 2.36. The lowest BCUT2D eigenvalue weighted by Crippen LogP contribution is -2.24. The van der Waals surface area contributed by atoms with Crippen molar-refractivity contribution in [1.29, 1.82) is 0 Å². The Bertz CT molecular complexity index is 548. The molecule has 2 rings (SSSR count). The highest BCUT2D eigenvalue weighted by molar-refractivity contribution is 5.33. The van der Waals surface area contributed by atoms with Gasteiger partial charge in [0.05, 0.1) is 20.3 Å². The first kappa shape index (κ1) is 25.8. The second-order valence-corrected chi connectivity index (χ2v) is 8.14. The second kappa shape index (κ2) is 13.9. The Morgan fingerprint density at radius 2 is 1.66 bits per heavy atom. The second-order valence-electron chi connectivity index (χ2n) is 8.14. The van der Waals surface area contributed by atoms with E-state index in [2.05, 4.69) is 26.5 Å². The van der Waals surface area contributed by atoms with Crippen LogP contribution in [0, 0.1) is 17.8 Å². The largest absolute Gasteiger partial charge is 0.498 e. The Kier molecular flexibility index (Phi) is 12.4. The molecule has 0 amide bonds. The van der Waals surface area contributed by atoms with Crippen LogP contribution in [0.5, 0.6) is 0 Å². The van der Waals surface area contributed by atoms with Gasteiger partial charge >= 0.3 is 0 Å². The summed E-state index contributed by atoms with van der Waals surface area (Å²) in [4.78, 5) is 0. The molecule has 0 N–H and O–H groups in total. The first-order valence-corrected chi connectivity index (χ1v) is 11.0. The molecule has 0 saturated heterocycles. The fraction of sp³-hybridized carbons (Fsp3) is 0.750. The summed E-state index contributed by atoms with van der Waals surface area (Å²) in [5, 5.41) is 0. The van der Waals surface area contributed by atoms with Crippen LogP contribution in [0.25, 0.3) is 0 Å². The number of halogens is 2. The van der Waals surface area contributed by atoms with Crippen molar-refractivity contribution in [2.45, 2.75) is 78.9 Å². The van der Waals surface area contributed by atoms with Gasteiger partial charge in [0, 0.05) is 12.3 Å². The van der Waals surface area contributed by atoms with Crippen LogP contribution >= 0.6 is 0 Å². The van der Waals surface area contributed by atoms with Gasteiger partial charge in [-0.3, -0.25) is 0 Å². The lowest BCUT2D eigenvalue weighted by atomic mass is 9.82. The molecule has 2 aliphatic carbocycles. The Hall–Kier alpha value is -1.20. The van der Waals surface area contributed by atoms with Crippen LogP contribution in [0.2, 0.25) is 0 Å². The monoisotopic (exact) mass is 414 g/mol. The third kappa shape index (κ3) is 8.59. The van der Waals surface area contributed by atoms with Gasteiger partial charge in [0.25, 0.3) is 0 Å². The maximum absolute atomic E-state index is 14.2. The van der Waals surface area contributed by atoms with E-state index in [9.17, 15) is 8.78 Å². The maximum Gasteiger partial charge on any atom is 0.196 e. The van der Waals surface area contributed by atoms with Crippen molar-refractivity contribution in [3.8, 4) is 0 Å². The maximum atomic E-state index is 14.2. The minimum Gasteiger partial charge on any atom is -0.498 e. The van der Waals surface area contributed by atoms with Crippen LogP contribution in [0.1, 0.15) is 72.6 Å². The zero-order chi connectivity index (χ0) is 21.8. The molecule has 5 heteroatoms. The summed E-state index contributed by atoms with van der Waals surface area (Å²) in [6.07, 6.45) is 8.47. The van der Waals surface area contributed by atoms with E-state index >= 15 is 0 Å². The predicted molar refractivity (Wildman–Crippen MR) is 115 cm³/mol. The Balaban J connectivity index is 0.00000132. The first-order valence-electron chi connectivity index (χ1n) is 11.0. The zero-order valence-corrected chi connectivity index (χ0v) is 18.9. The van der Waals surface area contributed by atoms with Crippen molar-refractivity contribution in [2.75, 3.05) is 20.3 Å². The number of rotatable bonds is 9. The molecule has 0 aromatic heterocycles. The Labute approximate surface area is 176 Å². The van der Waals surface area contributed by atoms with E-state index in [1.165, 1.54) is 26.4 Å². The Morgan fingerprint density at radius 1 is 1.03 bits per heavy atom. The van der Waals surface area contributed by atoms with E-state index in [-0.39, 0.29) is 18.0 Å². The topological polar surface area (TPSA) is 27.7 Å². The van der Waals surface area contributed by atoms with E-state index in [0.717, 1.165) is 12.8 Å². The van der Waals surface area contributed by atoms with Crippen LogP contribution in [0.4, 0.5) is 8.78 Å². The van der Waals surface area contributed by atoms with Gasteiger partial charge in [-0.05, 0) is 56.4 Å². The molecule has 168 valence electrons. The summed E-state index contributed by atoms with van der Waals surface area (Å²) in [5.74, 6) is -0.570. The average molecular weight is 415 g/mol. The van der Waals surface area contributed by atoms with Gasteiger partial charge in [-0.2, -0.15) is 0 Å². The lowest BCUT2D eigenvalue weighted by molar-refractivity contribution is -0.145. The molecule has 0 bridgehead atoms. The van der Waals surface area contributed by atoms with E-state index in [1.54, 1.807) is 0 Å². The summed E-state index contributed by atoms with van der Waals surface area (Å²) >= 11 is 0. The van der Waals surface area contributed by atoms with Gasteiger partial charge in [0.1, 0.15) is 5.76 Å². The van der Waals surface area contributed by atoms with Crippen LogP contribution in [0.15, 0.2) is 35.6 Å². The fourth-order valence-electron chi connectivity index (χ4n) is 3.68. The van der Waals surface area contributed by atoms with Crippen LogP contribution in [0.3, 0.4) is 0 Å². The molecule has 0 heterocycles. The molecule has 29 heavy (non-hydrogen) atoms. The molecular weight excluding hydrogens is 374 g/mol. The summed E-state index contributed by atoms with van der Waals surface area (Å²) in [5.41, 5.74) is 0.457. The first-order chi connectivity index (χ1) is 13.9. The van der Waals surface area contributed by atoms with Crippen molar-refractivity contribution in [1.82, 2.24) is 0 Å². The van der Waals surface area contributed by atoms with E-state index in [1.807, 2.05) is 13.8 Å².